The molecular formula is C20H16ClNO4. The lowest BCUT2D eigenvalue weighted by Crippen LogP contribution is -2.23. The number of esters is 1. The molecule has 2 aromatic carbocycles. The van der Waals surface area contributed by atoms with Crippen LogP contribution in [0.4, 0.5) is 0 Å². The van der Waals surface area contributed by atoms with E-state index in [0.29, 0.717) is 21.9 Å². The summed E-state index contributed by atoms with van der Waals surface area (Å²) in [7, 11) is 1.58. The van der Waals surface area contributed by atoms with Crippen LogP contribution < -0.4 is 4.74 Å². The van der Waals surface area contributed by atoms with Crippen molar-refractivity contribution in [2.45, 2.75) is 19.1 Å². The molecule has 1 atom stereocenters. The topological polar surface area (TPSA) is 68.6 Å². The first kappa shape index (κ1) is 17.8. The van der Waals surface area contributed by atoms with Crippen LogP contribution in [0.1, 0.15) is 27.9 Å². The number of nitrogens with zero attached hydrogens (tertiary/aromatic N) is 1. The van der Waals surface area contributed by atoms with Crippen LogP contribution in [-0.2, 0) is 15.9 Å². The Morgan fingerprint density at radius 2 is 2.00 bits per heavy atom. The van der Waals surface area contributed by atoms with Crippen molar-refractivity contribution >= 4 is 23.1 Å². The van der Waals surface area contributed by atoms with Gasteiger partial charge in [0.05, 0.1) is 12.7 Å². The van der Waals surface area contributed by atoms with Crippen molar-refractivity contribution in [2.24, 2.45) is 0 Å². The first-order valence-corrected chi connectivity index (χ1v) is 8.39. The third-order valence-corrected chi connectivity index (χ3v) is 4.37. The van der Waals surface area contributed by atoms with Gasteiger partial charge in [0.2, 0.25) is 0 Å². The Bertz CT molecular complexity index is 884. The lowest BCUT2D eigenvalue weighted by Gasteiger charge is -2.23. The van der Waals surface area contributed by atoms with Gasteiger partial charge in [0.15, 0.2) is 0 Å². The predicted octanol–water partition coefficient (Wildman–Crippen LogP) is 4.36. The summed E-state index contributed by atoms with van der Waals surface area (Å²) in [5.74, 6) is 0.0779. The fourth-order valence-corrected chi connectivity index (χ4v) is 2.96. The summed E-state index contributed by atoms with van der Waals surface area (Å²) in [6, 6.07) is 12.0. The lowest BCUT2D eigenvalue weighted by molar-refractivity contribution is -0.0312. The van der Waals surface area contributed by atoms with Gasteiger partial charge < -0.3 is 14.2 Å². The van der Waals surface area contributed by atoms with Gasteiger partial charge in [0.25, 0.3) is 12.5 Å². The van der Waals surface area contributed by atoms with Gasteiger partial charge >= 0.3 is 5.97 Å². The molecule has 1 aliphatic rings. The number of carbonyl (C=O) groups excluding carboxylic acids is 1. The summed E-state index contributed by atoms with van der Waals surface area (Å²) in [5, 5.41) is 9.52. The van der Waals surface area contributed by atoms with Crippen molar-refractivity contribution in [2.75, 3.05) is 7.11 Å². The number of fused-ring (bicyclic) bond motifs is 1. The lowest BCUT2D eigenvalue weighted by atomic mass is 9.90. The SMILES string of the molecule is COc1ccc2c(c1)C(C(OC#N)OC(=O)c1ccc(Cl)cc1)=CCC2. The summed E-state index contributed by atoms with van der Waals surface area (Å²) in [4.78, 5) is 12.4. The van der Waals surface area contributed by atoms with Crippen molar-refractivity contribution in [1.29, 1.82) is 5.26 Å². The smallest absolute Gasteiger partial charge is 0.341 e. The summed E-state index contributed by atoms with van der Waals surface area (Å²) < 4.78 is 15.8. The Hall–Kier alpha value is -2.97. The molecule has 0 saturated heterocycles. The van der Waals surface area contributed by atoms with Crippen LogP contribution in [0.3, 0.4) is 0 Å². The molecule has 0 fully saturated rings. The van der Waals surface area contributed by atoms with E-state index in [2.05, 4.69) is 0 Å². The molecule has 1 unspecified atom stereocenters. The normalized spacial score (nSPS) is 13.7. The second-order valence-corrected chi connectivity index (χ2v) is 6.11. The average molecular weight is 370 g/mol. The highest BCUT2D eigenvalue weighted by atomic mass is 35.5. The molecule has 0 aliphatic heterocycles. The number of rotatable bonds is 5. The van der Waals surface area contributed by atoms with Crippen molar-refractivity contribution in [3.8, 4) is 12.0 Å². The van der Waals surface area contributed by atoms with Gasteiger partial charge in [-0.05, 0) is 60.4 Å². The van der Waals surface area contributed by atoms with Gasteiger partial charge in [-0.15, -0.1) is 0 Å². The molecule has 3 rings (SSSR count). The number of carbonyl (C=O) groups is 1. The second kappa shape index (κ2) is 7.94. The Morgan fingerprint density at radius 3 is 2.69 bits per heavy atom. The largest absolute Gasteiger partial charge is 0.497 e. The Labute approximate surface area is 156 Å². The van der Waals surface area contributed by atoms with E-state index in [0.717, 1.165) is 24.0 Å². The van der Waals surface area contributed by atoms with Gasteiger partial charge in [0.1, 0.15) is 5.75 Å². The number of hydrogen-bond acceptors (Lipinski definition) is 5. The number of ether oxygens (including phenoxy) is 3. The molecule has 6 heteroatoms. The van der Waals surface area contributed by atoms with E-state index in [9.17, 15) is 4.79 Å². The van der Waals surface area contributed by atoms with Gasteiger partial charge in [-0.3, -0.25) is 0 Å². The van der Waals surface area contributed by atoms with E-state index < -0.39 is 12.3 Å². The number of methoxy groups -OCH3 is 1. The van der Waals surface area contributed by atoms with Gasteiger partial charge in [0, 0.05) is 10.6 Å². The third-order valence-electron chi connectivity index (χ3n) is 4.11. The predicted molar refractivity (Wildman–Crippen MR) is 96.6 cm³/mol. The molecule has 0 N–H and O–H groups in total. The number of nitriles is 1. The molecule has 1 aliphatic carbocycles. The second-order valence-electron chi connectivity index (χ2n) is 5.67. The monoisotopic (exact) mass is 369 g/mol. The number of aryl methyl sites for hydroxylation is 1. The van der Waals surface area contributed by atoms with Crippen LogP contribution in [0.2, 0.25) is 5.02 Å². The van der Waals surface area contributed by atoms with Crippen LogP contribution in [0, 0.1) is 11.5 Å². The molecule has 2 aromatic rings. The molecule has 0 saturated carbocycles. The van der Waals surface area contributed by atoms with E-state index in [1.54, 1.807) is 37.6 Å². The summed E-state index contributed by atoms with van der Waals surface area (Å²) in [6.45, 7) is 0. The van der Waals surface area contributed by atoms with Crippen molar-refractivity contribution in [3.63, 3.8) is 0 Å². The zero-order valence-corrected chi connectivity index (χ0v) is 14.8. The number of benzene rings is 2. The fraction of sp³-hybridized carbons (Fsp3) is 0.200. The van der Waals surface area contributed by atoms with E-state index >= 15 is 0 Å². The van der Waals surface area contributed by atoms with Crippen LogP contribution in [-0.4, -0.2) is 19.4 Å². The summed E-state index contributed by atoms with van der Waals surface area (Å²) in [5.41, 5.74) is 2.88. The molecule has 26 heavy (non-hydrogen) atoms. The van der Waals surface area contributed by atoms with E-state index in [1.807, 2.05) is 24.3 Å². The van der Waals surface area contributed by atoms with E-state index in [4.69, 9.17) is 31.1 Å². The minimum absolute atomic E-state index is 0.322. The standard InChI is InChI=1S/C20H16ClNO4/c1-24-16-10-7-13-3-2-4-17(18(13)11-16)20(25-12-22)26-19(23)14-5-8-15(21)9-6-14/h4-11,20H,2-3H2,1H3. The summed E-state index contributed by atoms with van der Waals surface area (Å²) >= 11 is 5.84. The molecule has 0 radical (unpaired) electrons. The fourth-order valence-electron chi connectivity index (χ4n) is 2.84. The number of halogens is 1. The van der Waals surface area contributed by atoms with E-state index in [-0.39, 0.29) is 0 Å². The van der Waals surface area contributed by atoms with Crippen molar-refractivity contribution in [3.05, 3.63) is 70.3 Å². The Balaban J connectivity index is 1.89. The van der Waals surface area contributed by atoms with Crippen LogP contribution in [0.5, 0.6) is 5.75 Å². The molecular weight excluding hydrogens is 354 g/mol. The van der Waals surface area contributed by atoms with Crippen molar-refractivity contribution < 1.29 is 19.0 Å². The Morgan fingerprint density at radius 1 is 1.23 bits per heavy atom. The zero-order valence-electron chi connectivity index (χ0n) is 14.1. The first-order chi connectivity index (χ1) is 12.6. The van der Waals surface area contributed by atoms with E-state index in [1.165, 1.54) is 0 Å². The number of allylic oxidation sites excluding steroid dienone is 1. The average Bonchev–Trinajstić information content (AvgIpc) is 2.67. The zero-order chi connectivity index (χ0) is 18.5. The maximum atomic E-state index is 12.4. The van der Waals surface area contributed by atoms with Crippen LogP contribution in [0.25, 0.3) is 5.57 Å². The molecule has 0 heterocycles. The molecule has 0 amide bonds. The van der Waals surface area contributed by atoms with Crippen LogP contribution in [0.15, 0.2) is 48.5 Å². The highest BCUT2D eigenvalue weighted by Gasteiger charge is 2.27. The minimum atomic E-state index is -1.13. The van der Waals surface area contributed by atoms with Crippen molar-refractivity contribution in [1.82, 2.24) is 0 Å². The molecule has 132 valence electrons. The van der Waals surface area contributed by atoms with Gasteiger partial charge in [-0.1, -0.05) is 23.7 Å². The minimum Gasteiger partial charge on any atom is -0.497 e. The van der Waals surface area contributed by atoms with Gasteiger partial charge in [-0.2, -0.15) is 5.26 Å². The quantitative estimate of drug-likeness (QED) is 0.445. The molecule has 5 nitrogen and oxygen atoms in total. The van der Waals surface area contributed by atoms with Gasteiger partial charge in [-0.25, -0.2) is 4.79 Å². The Kier molecular flexibility index (Phi) is 5.45. The highest BCUT2D eigenvalue weighted by molar-refractivity contribution is 6.30. The number of hydrogen-bond donors (Lipinski definition) is 0. The molecule has 0 bridgehead atoms. The third kappa shape index (κ3) is 3.81. The molecule has 0 aromatic heterocycles. The summed E-state index contributed by atoms with van der Waals surface area (Å²) in [6.07, 6.45) is 4.02. The maximum Gasteiger partial charge on any atom is 0.341 e. The van der Waals surface area contributed by atoms with Crippen LogP contribution >= 0.6 is 11.6 Å². The first-order valence-electron chi connectivity index (χ1n) is 8.01. The molecule has 0 spiro atoms. The highest BCUT2D eigenvalue weighted by Crippen LogP contribution is 2.33. The maximum absolute atomic E-state index is 12.4.